The van der Waals surface area contributed by atoms with Crippen molar-refractivity contribution in [2.24, 2.45) is 0 Å². The van der Waals surface area contributed by atoms with E-state index in [1.807, 2.05) is 13.8 Å². The number of nitrogens with one attached hydrogen (secondary N) is 1. The summed E-state index contributed by atoms with van der Waals surface area (Å²) in [5, 5.41) is 3.67. The predicted octanol–water partition coefficient (Wildman–Crippen LogP) is 4.12. The summed E-state index contributed by atoms with van der Waals surface area (Å²) in [5.41, 5.74) is 2.34. The Morgan fingerprint density at radius 1 is 1.22 bits per heavy atom. The molecule has 3 rings (SSSR count). The lowest BCUT2D eigenvalue weighted by Crippen LogP contribution is -2.34. The lowest BCUT2D eigenvalue weighted by Gasteiger charge is -2.29. The molecule has 1 aromatic heterocycles. The lowest BCUT2D eigenvalue weighted by molar-refractivity contribution is 0.318. The van der Waals surface area contributed by atoms with Crippen molar-refractivity contribution < 1.29 is 9.15 Å². The zero-order valence-corrected chi connectivity index (χ0v) is 14.3. The van der Waals surface area contributed by atoms with Gasteiger partial charge in [0.25, 0.3) is 0 Å². The molecule has 124 valence electrons. The highest BCUT2D eigenvalue weighted by Crippen LogP contribution is 2.26. The quantitative estimate of drug-likeness (QED) is 0.902. The van der Waals surface area contributed by atoms with Crippen LogP contribution in [0.5, 0.6) is 5.75 Å². The first-order chi connectivity index (χ1) is 11.1. The Bertz CT molecular complexity index is 633. The summed E-state index contributed by atoms with van der Waals surface area (Å²) in [6, 6.07) is 9.58. The molecule has 0 unspecified atom stereocenters. The molecule has 2 heterocycles. The van der Waals surface area contributed by atoms with Gasteiger partial charge in [-0.25, -0.2) is 4.98 Å². The molecule has 1 saturated heterocycles. The SMILES string of the molecule is Cc1nc(CCOc2ccc([C@H]3CCC[C@@H](C)N3)cc2)c(C)o1. The van der Waals surface area contributed by atoms with Crippen molar-refractivity contribution in [2.75, 3.05) is 6.61 Å². The van der Waals surface area contributed by atoms with Gasteiger partial charge in [-0.15, -0.1) is 0 Å². The molecule has 1 fully saturated rings. The molecule has 4 heteroatoms. The average molecular weight is 314 g/mol. The fourth-order valence-electron chi connectivity index (χ4n) is 3.27. The first-order valence-corrected chi connectivity index (χ1v) is 8.53. The van der Waals surface area contributed by atoms with Gasteiger partial charge in [-0.05, 0) is 44.4 Å². The highest BCUT2D eigenvalue weighted by Gasteiger charge is 2.19. The van der Waals surface area contributed by atoms with Gasteiger partial charge in [0.05, 0.1) is 12.3 Å². The fraction of sp³-hybridized carbons (Fsp3) is 0.526. The maximum absolute atomic E-state index is 5.84. The van der Waals surface area contributed by atoms with Crippen molar-refractivity contribution in [3.8, 4) is 5.75 Å². The lowest BCUT2D eigenvalue weighted by atomic mass is 9.94. The topological polar surface area (TPSA) is 47.3 Å². The molecular weight excluding hydrogens is 288 g/mol. The Labute approximate surface area is 138 Å². The summed E-state index contributed by atoms with van der Waals surface area (Å²) >= 11 is 0. The maximum atomic E-state index is 5.84. The Balaban J connectivity index is 1.52. The number of nitrogens with zero attached hydrogens (tertiary/aromatic N) is 1. The van der Waals surface area contributed by atoms with Crippen LogP contribution in [0.25, 0.3) is 0 Å². The van der Waals surface area contributed by atoms with Crippen LogP contribution in [0, 0.1) is 13.8 Å². The fourth-order valence-corrected chi connectivity index (χ4v) is 3.27. The number of aromatic nitrogens is 1. The number of ether oxygens (including phenoxy) is 1. The van der Waals surface area contributed by atoms with E-state index in [0.717, 1.165) is 29.5 Å². The molecule has 0 amide bonds. The number of hydrogen-bond donors (Lipinski definition) is 1. The average Bonchev–Trinajstić information content (AvgIpc) is 2.86. The molecule has 0 radical (unpaired) electrons. The zero-order valence-electron chi connectivity index (χ0n) is 14.3. The standard InChI is InChI=1S/C19H26N2O2/c1-13-5-4-6-19(20-13)16-7-9-17(10-8-16)22-12-11-18-14(2)23-15(3)21-18/h7-10,13,19-20H,4-6,11-12H2,1-3H3/t13-,19-/m1/s1. The van der Waals surface area contributed by atoms with Gasteiger partial charge in [0.2, 0.25) is 0 Å². The van der Waals surface area contributed by atoms with E-state index < -0.39 is 0 Å². The number of oxazole rings is 1. The summed E-state index contributed by atoms with van der Waals surface area (Å²) in [6.07, 6.45) is 4.56. The van der Waals surface area contributed by atoms with E-state index in [9.17, 15) is 0 Å². The number of rotatable bonds is 5. The Hall–Kier alpha value is -1.81. The van der Waals surface area contributed by atoms with E-state index in [1.165, 1.54) is 24.8 Å². The summed E-state index contributed by atoms with van der Waals surface area (Å²) in [7, 11) is 0. The van der Waals surface area contributed by atoms with Crippen molar-refractivity contribution in [3.63, 3.8) is 0 Å². The summed E-state index contributed by atoms with van der Waals surface area (Å²) in [6.45, 7) is 6.70. The van der Waals surface area contributed by atoms with Gasteiger partial charge in [-0.1, -0.05) is 18.6 Å². The van der Waals surface area contributed by atoms with Crippen LogP contribution in [0.1, 0.15) is 55.1 Å². The molecule has 1 aliphatic rings. The molecule has 23 heavy (non-hydrogen) atoms. The highest BCUT2D eigenvalue weighted by atomic mass is 16.5. The number of benzene rings is 1. The molecule has 4 nitrogen and oxygen atoms in total. The minimum atomic E-state index is 0.480. The first kappa shape index (κ1) is 16.1. The van der Waals surface area contributed by atoms with Crippen molar-refractivity contribution >= 4 is 0 Å². The third-order valence-corrected chi connectivity index (χ3v) is 4.51. The van der Waals surface area contributed by atoms with Crippen LogP contribution in [0.3, 0.4) is 0 Å². The Morgan fingerprint density at radius 2 is 2.00 bits per heavy atom. The molecule has 0 bridgehead atoms. The van der Waals surface area contributed by atoms with Gasteiger partial charge in [0, 0.05) is 25.4 Å². The maximum Gasteiger partial charge on any atom is 0.191 e. The van der Waals surface area contributed by atoms with E-state index >= 15 is 0 Å². The Morgan fingerprint density at radius 3 is 2.65 bits per heavy atom. The van der Waals surface area contributed by atoms with Crippen LogP contribution >= 0.6 is 0 Å². The second kappa shape index (κ2) is 7.18. The third kappa shape index (κ3) is 4.14. The molecule has 0 aliphatic carbocycles. The largest absolute Gasteiger partial charge is 0.493 e. The van der Waals surface area contributed by atoms with Crippen LogP contribution in [0.4, 0.5) is 0 Å². The van der Waals surface area contributed by atoms with E-state index in [2.05, 4.69) is 41.5 Å². The van der Waals surface area contributed by atoms with Crippen LogP contribution in [-0.2, 0) is 6.42 Å². The molecule has 2 atom stereocenters. The smallest absolute Gasteiger partial charge is 0.191 e. The summed E-state index contributed by atoms with van der Waals surface area (Å²) in [5.74, 6) is 2.52. The molecule has 0 saturated carbocycles. The van der Waals surface area contributed by atoms with E-state index in [0.29, 0.717) is 18.7 Å². The van der Waals surface area contributed by atoms with Crippen molar-refractivity contribution in [2.45, 2.75) is 58.5 Å². The van der Waals surface area contributed by atoms with Crippen molar-refractivity contribution in [3.05, 3.63) is 47.2 Å². The monoisotopic (exact) mass is 314 g/mol. The normalized spacial score (nSPS) is 21.3. The van der Waals surface area contributed by atoms with Gasteiger partial charge in [-0.3, -0.25) is 0 Å². The van der Waals surface area contributed by atoms with Crippen LogP contribution in [0.15, 0.2) is 28.7 Å². The second-order valence-electron chi connectivity index (χ2n) is 6.45. The first-order valence-electron chi connectivity index (χ1n) is 8.53. The van der Waals surface area contributed by atoms with Crippen LogP contribution < -0.4 is 10.1 Å². The Kier molecular flexibility index (Phi) is 5.01. The molecule has 2 aromatic rings. The second-order valence-corrected chi connectivity index (χ2v) is 6.45. The third-order valence-electron chi connectivity index (χ3n) is 4.51. The van der Waals surface area contributed by atoms with E-state index in [1.54, 1.807) is 0 Å². The van der Waals surface area contributed by atoms with Gasteiger partial charge < -0.3 is 14.5 Å². The summed E-state index contributed by atoms with van der Waals surface area (Å²) < 4.78 is 11.3. The summed E-state index contributed by atoms with van der Waals surface area (Å²) in [4.78, 5) is 4.37. The minimum absolute atomic E-state index is 0.480. The van der Waals surface area contributed by atoms with E-state index in [-0.39, 0.29) is 0 Å². The van der Waals surface area contributed by atoms with Crippen molar-refractivity contribution in [1.82, 2.24) is 10.3 Å². The molecular formula is C19H26N2O2. The van der Waals surface area contributed by atoms with Crippen molar-refractivity contribution in [1.29, 1.82) is 0 Å². The van der Waals surface area contributed by atoms with E-state index in [4.69, 9.17) is 9.15 Å². The van der Waals surface area contributed by atoms with Gasteiger partial charge in [0.15, 0.2) is 5.89 Å². The van der Waals surface area contributed by atoms with Crippen LogP contribution in [0.2, 0.25) is 0 Å². The number of piperidine rings is 1. The highest BCUT2D eigenvalue weighted by molar-refractivity contribution is 5.29. The van der Waals surface area contributed by atoms with Gasteiger partial charge in [0.1, 0.15) is 11.5 Å². The molecule has 1 aromatic carbocycles. The predicted molar refractivity (Wildman–Crippen MR) is 90.8 cm³/mol. The molecule has 0 spiro atoms. The molecule has 1 aliphatic heterocycles. The zero-order chi connectivity index (χ0) is 16.2. The van der Waals surface area contributed by atoms with Crippen LogP contribution in [-0.4, -0.2) is 17.6 Å². The number of aryl methyl sites for hydroxylation is 2. The van der Waals surface area contributed by atoms with Gasteiger partial charge >= 0.3 is 0 Å². The number of hydrogen-bond acceptors (Lipinski definition) is 4. The minimum Gasteiger partial charge on any atom is -0.493 e. The van der Waals surface area contributed by atoms with Gasteiger partial charge in [-0.2, -0.15) is 0 Å². The molecule has 1 N–H and O–H groups in total.